The molecule has 2 aliphatic rings. The minimum atomic E-state index is 0.00600. The van der Waals surface area contributed by atoms with Crippen molar-refractivity contribution in [2.24, 2.45) is 0 Å². The zero-order chi connectivity index (χ0) is 16.1. The second-order valence-electron chi connectivity index (χ2n) is 5.84. The van der Waals surface area contributed by atoms with Crippen LogP contribution in [0.15, 0.2) is 24.3 Å². The van der Waals surface area contributed by atoms with Gasteiger partial charge in [-0.2, -0.15) is 0 Å². The maximum absolute atomic E-state index is 12.1. The Kier molecular flexibility index (Phi) is 5.56. The van der Waals surface area contributed by atoms with Crippen molar-refractivity contribution in [2.75, 3.05) is 37.8 Å². The average Bonchev–Trinajstić information content (AvgIpc) is 2.99. The van der Waals surface area contributed by atoms with E-state index in [0.29, 0.717) is 37.8 Å². The molecular formula is C17H22N2O3S. The summed E-state index contributed by atoms with van der Waals surface area (Å²) in [5, 5.41) is 3.08. The fourth-order valence-electron chi connectivity index (χ4n) is 3.08. The highest BCUT2D eigenvalue weighted by molar-refractivity contribution is 8.00. The normalized spacial score (nSPS) is 20.2. The highest BCUT2D eigenvalue weighted by Crippen LogP contribution is 2.30. The van der Waals surface area contributed by atoms with E-state index in [4.69, 9.17) is 4.74 Å². The number of carbonyl (C=O) groups is 2. The number of nitrogens with zero attached hydrogens (tertiary/aromatic N) is 1. The van der Waals surface area contributed by atoms with E-state index in [0.717, 1.165) is 12.8 Å². The monoisotopic (exact) mass is 334 g/mol. The van der Waals surface area contributed by atoms with Crippen LogP contribution < -0.4 is 5.32 Å². The SMILES string of the molecule is O=C(CSCC(=O)N1CCOCC1)NC1CCc2ccccc21. The number of aryl methyl sites for hydroxylation is 1. The average molecular weight is 334 g/mol. The summed E-state index contributed by atoms with van der Waals surface area (Å²) in [7, 11) is 0. The van der Waals surface area contributed by atoms with E-state index in [2.05, 4.69) is 17.4 Å². The van der Waals surface area contributed by atoms with Gasteiger partial charge in [-0.25, -0.2) is 0 Å². The van der Waals surface area contributed by atoms with Crippen LogP contribution in [0.3, 0.4) is 0 Å². The van der Waals surface area contributed by atoms with Gasteiger partial charge in [0.1, 0.15) is 0 Å². The van der Waals surface area contributed by atoms with Crippen molar-refractivity contribution >= 4 is 23.6 Å². The van der Waals surface area contributed by atoms with Crippen LogP contribution in [0, 0.1) is 0 Å². The molecule has 3 rings (SSSR count). The zero-order valence-electron chi connectivity index (χ0n) is 13.1. The van der Waals surface area contributed by atoms with Crippen LogP contribution in [-0.2, 0) is 20.7 Å². The molecule has 1 saturated heterocycles. The molecule has 1 aliphatic heterocycles. The molecule has 0 radical (unpaired) electrons. The lowest BCUT2D eigenvalue weighted by Gasteiger charge is -2.26. The Bertz CT molecular complexity index is 573. The van der Waals surface area contributed by atoms with Crippen molar-refractivity contribution < 1.29 is 14.3 Å². The first-order valence-electron chi connectivity index (χ1n) is 8.04. The van der Waals surface area contributed by atoms with Crippen LogP contribution in [0.1, 0.15) is 23.6 Å². The Morgan fingerprint density at radius 1 is 1.22 bits per heavy atom. The zero-order valence-corrected chi connectivity index (χ0v) is 13.9. The van der Waals surface area contributed by atoms with Gasteiger partial charge in [0.15, 0.2) is 0 Å². The van der Waals surface area contributed by atoms with Gasteiger partial charge in [-0.3, -0.25) is 9.59 Å². The summed E-state index contributed by atoms with van der Waals surface area (Å²) in [5.41, 5.74) is 2.56. The van der Waals surface area contributed by atoms with E-state index in [1.807, 2.05) is 17.0 Å². The van der Waals surface area contributed by atoms with Gasteiger partial charge in [0.05, 0.1) is 30.8 Å². The van der Waals surface area contributed by atoms with Crippen LogP contribution >= 0.6 is 11.8 Å². The number of morpholine rings is 1. The Morgan fingerprint density at radius 3 is 2.83 bits per heavy atom. The van der Waals surface area contributed by atoms with Crippen LogP contribution in [0.5, 0.6) is 0 Å². The lowest BCUT2D eigenvalue weighted by molar-refractivity contribution is -0.132. The second kappa shape index (κ2) is 7.84. The standard InChI is InChI=1S/C17H22N2O3S/c20-16(11-23-12-17(21)19-7-9-22-10-8-19)18-15-6-5-13-3-1-2-4-14(13)15/h1-4,15H,5-12H2,(H,18,20). The van der Waals surface area contributed by atoms with Gasteiger partial charge in [0, 0.05) is 13.1 Å². The number of benzene rings is 1. The van der Waals surface area contributed by atoms with Crippen LogP contribution in [-0.4, -0.2) is 54.5 Å². The summed E-state index contributed by atoms with van der Waals surface area (Å²) in [6.07, 6.45) is 1.98. The van der Waals surface area contributed by atoms with E-state index >= 15 is 0 Å². The number of carbonyl (C=O) groups excluding carboxylic acids is 2. The summed E-state index contributed by atoms with van der Waals surface area (Å²) in [6, 6.07) is 8.38. The minimum Gasteiger partial charge on any atom is -0.378 e. The lowest BCUT2D eigenvalue weighted by atomic mass is 10.1. The molecule has 1 atom stereocenters. The molecule has 23 heavy (non-hydrogen) atoms. The van der Waals surface area contributed by atoms with E-state index in [1.54, 1.807) is 0 Å². The van der Waals surface area contributed by atoms with Crippen molar-refractivity contribution in [2.45, 2.75) is 18.9 Å². The molecule has 1 N–H and O–H groups in total. The summed E-state index contributed by atoms with van der Waals surface area (Å²) in [6.45, 7) is 2.53. The van der Waals surface area contributed by atoms with Gasteiger partial charge >= 0.3 is 0 Å². The predicted octanol–water partition coefficient (Wildman–Crippen LogP) is 1.38. The van der Waals surface area contributed by atoms with Gasteiger partial charge in [0.2, 0.25) is 11.8 Å². The predicted molar refractivity (Wildman–Crippen MR) is 90.4 cm³/mol. The van der Waals surface area contributed by atoms with Crippen LogP contribution in [0.2, 0.25) is 0 Å². The fourth-order valence-corrected chi connectivity index (χ4v) is 3.81. The smallest absolute Gasteiger partial charge is 0.232 e. The number of fused-ring (bicyclic) bond motifs is 1. The molecule has 0 aromatic heterocycles. The fraction of sp³-hybridized carbons (Fsp3) is 0.529. The second-order valence-corrected chi connectivity index (χ2v) is 6.83. The quantitative estimate of drug-likeness (QED) is 0.884. The van der Waals surface area contributed by atoms with E-state index in [1.165, 1.54) is 22.9 Å². The Balaban J connectivity index is 1.39. The van der Waals surface area contributed by atoms with E-state index < -0.39 is 0 Å². The van der Waals surface area contributed by atoms with Gasteiger partial charge in [-0.15, -0.1) is 11.8 Å². The molecule has 0 bridgehead atoms. The largest absolute Gasteiger partial charge is 0.378 e. The van der Waals surface area contributed by atoms with Crippen LogP contribution in [0.25, 0.3) is 0 Å². The number of hydrogen-bond acceptors (Lipinski definition) is 4. The molecule has 1 aliphatic carbocycles. The van der Waals surface area contributed by atoms with Gasteiger partial charge < -0.3 is 15.0 Å². The molecule has 0 spiro atoms. The van der Waals surface area contributed by atoms with Crippen LogP contribution in [0.4, 0.5) is 0 Å². The first kappa shape index (κ1) is 16.3. The van der Waals surface area contributed by atoms with Gasteiger partial charge in [-0.05, 0) is 24.0 Å². The molecule has 1 unspecified atom stereocenters. The maximum Gasteiger partial charge on any atom is 0.232 e. The maximum atomic E-state index is 12.1. The number of ether oxygens (including phenoxy) is 1. The Hall–Kier alpha value is -1.53. The number of rotatable bonds is 5. The summed E-state index contributed by atoms with van der Waals surface area (Å²) in [4.78, 5) is 25.9. The number of hydrogen-bond donors (Lipinski definition) is 1. The first-order chi connectivity index (χ1) is 11.2. The topological polar surface area (TPSA) is 58.6 Å². The third-order valence-corrected chi connectivity index (χ3v) is 5.21. The summed E-state index contributed by atoms with van der Waals surface area (Å²) < 4.78 is 5.23. The molecule has 1 aromatic rings. The number of amides is 2. The number of nitrogens with one attached hydrogen (secondary N) is 1. The third-order valence-electron chi connectivity index (χ3n) is 4.29. The molecular weight excluding hydrogens is 312 g/mol. The molecule has 1 fully saturated rings. The Labute approximate surface area is 140 Å². The highest BCUT2D eigenvalue weighted by Gasteiger charge is 2.23. The summed E-state index contributed by atoms with van der Waals surface area (Å²) in [5.74, 6) is 0.785. The van der Waals surface area contributed by atoms with Crippen molar-refractivity contribution in [1.82, 2.24) is 10.2 Å². The molecule has 1 heterocycles. The van der Waals surface area contributed by atoms with Gasteiger partial charge in [-0.1, -0.05) is 24.3 Å². The molecule has 5 nitrogen and oxygen atoms in total. The lowest BCUT2D eigenvalue weighted by Crippen LogP contribution is -2.41. The van der Waals surface area contributed by atoms with E-state index in [9.17, 15) is 9.59 Å². The number of thioether (sulfide) groups is 1. The van der Waals surface area contributed by atoms with Gasteiger partial charge in [0.25, 0.3) is 0 Å². The first-order valence-corrected chi connectivity index (χ1v) is 9.20. The van der Waals surface area contributed by atoms with Crippen molar-refractivity contribution in [3.63, 3.8) is 0 Å². The molecule has 6 heteroatoms. The molecule has 0 saturated carbocycles. The summed E-state index contributed by atoms with van der Waals surface area (Å²) >= 11 is 1.38. The minimum absolute atomic E-state index is 0.00600. The molecule has 1 aromatic carbocycles. The molecule has 124 valence electrons. The van der Waals surface area contributed by atoms with Crippen molar-refractivity contribution in [3.05, 3.63) is 35.4 Å². The van der Waals surface area contributed by atoms with Crippen molar-refractivity contribution in [1.29, 1.82) is 0 Å². The van der Waals surface area contributed by atoms with E-state index in [-0.39, 0.29) is 17.9 Å². The highest BCUT2D eigenvalue weighted by atomic mass is 32.2. The third kappa shape index (κ3) is 4.26. The van der Waals surface area contributed by atoms with Crippen molar-refractivity contribution in [3.8, 4) is 0 Å². The molecule has 2 amide bonds. The Morgan fingerprint density at radius 2 is 2.00 bits per heavy atom.